The predicted molar refractivity (Wildman–Crippen MR) is 77.4 cm³/mol. The van der Waals surface area contributed by atoms with Crippen molar-refractivity contribution in [2.75, 3.05) is 5.32 Å². The zero-order valence-corrected chi connectivity index (χ0v) is 10.9. The maximum atomic E-state index is 12.8. The maximum Gasteiger partial charge on any atom is 0.272 e. The largest absolute Gasteiger partial charge is 0.351 e. The van der Waals surface area contributed by atoms with E-state index < -0.39 is 0 Å². The summed E-state index contributed by atoms with van der Waals surface area (Å²) in [6.07, 6.45) is 0. The van der Waals surface area contributed by atoms with Crippen molar-refractivity contribution < 1.29 is 9.18 Å². The van der Waals surface area contributed by atoms with E-state index in [-0.39, 0.29) is 11.7 Å². The van der Waals surface area contributed by atoms with Crippen molar-refractivity contribution in [1.29, 1.82) is 0 Å². The number of rotatable bonds is 2. The van der Waals surface area contributed by atoms with Crippen LogP contribution in [0.3, 0.4) is 0 Å². The molecule has 1 amide bonds. The molecule has 2 N–H and O–H groups in total. The van der Waals surface area contributed by atoms with Crippen molar-refractivity contribution in [1.82, 2.24) is 4.98 Å². The average molecular weight is 268 g/mol. The third kappa shape index (κ3) is 2.40. The minimum absolute atomic E-state index is 0.245. The van der Waals surface area contributed by atoms with E-state index >= 15 is 0 Å². The van der Waals surface area contributed by atoms with Gasteiger partial charge >= 0.3 is 0 Å². The van der Waals surface area contributed by atoms with E-state index in [0.29, 0.717) is 11.4 Å². The van der Waals surface area contributed by atoms with Crippen LogP contribution in [0, 0.1) is 12.7 Å². The summed E-state index contributed by atoms with van der Waals surface area (Å²) in [7, 11) is 0. The molecule has 0 fully saturated rings. The molecule has 0 aliphatic heterocycles. The standard InChI is InChI=1S/C16H13FN2O/c1-10-2-3-11-9-15(19-14(11)8-10)16(20)18-13-6-4-12(17)5-7-13/h2-9,19H,1H3,(H,18,20). The van der Waals surface area contributed by atoms with Crippen LogP contribution in [0.1, 0.15) is 16.1 Å². The minimum atomic E-state index is -0.330. The Kier molecular flexibility index (Phi) is 2.99. The van der Waals surface area contributed by atoms with E-state index in [1.54, 1.807) is 6.07 Å². The second-order valence-corrected chi connectivity index (χ2v) is 4.73. The van der Waals surface area contributed by atoms with Gasteiger partial charge in [0.2, 0.25) is 0 Å². The quantitative estimate of drug-likeness (QED) is 0.728. The van der Waals surface area contributed by atoms with Crippen LogP contribution in [0.4, 0.5) is 10.1 Å². The molecule has 0 spiro atoms. The number of hydrogen-bond acceptors (Lipinski definition) is 1. The first kappa shape index (κ1) is 12.4. The molecular weight excluding hydrogens is 255 g/mol. The normalized spacial score (nSPS) is 10.7. The van der Waals surface area contributed by atoms with Crippen LogP contribution in [0.2, 0.25) is 0 Å². The summed E-state index contributed by atoms with van der Waals surface area (Å²) in [6.45, 7) is 2.00. The van der Waals surface area contributed by atoms with Gasteiger partial charge < -0.3 is 10.3 Å². The molecule has 0 bridgehead atoms. The van der Waals surface area contributed by atoms with Gasteiger partial charge in [0, 0.05) is 16.6 Å². The van der Waals surface area contributed by atoms with Crippen LogP contribution in [0.5, 0.6) is 0 Å². The van der Waals surface area contributed by atoms with E-state index in [4.69, 9.17) is 0 Å². The molecule has 0 aliphatic rings. The number of fused-ring (bicyclic) bond motifs is 1. The van der Waals surface area contributed by atoms with Gasteiger partial charge in [0.05, 0.1) is 0 Å². The Labute approximate surface area is 115 Å². The molecule has 20 heavy (non-hydrogen) atoms. The zero-order chi connectivity index (χ0) is 14.1. The van der Waals surface area contributed by atoms with E-state index in [2.05, 4.69) is 10.3 Å². The number of benzene rings is 2. The van der Waals surface area contributed by atoms with Crippen LogP contribution < -0.4 is 5.32 Å². The Hall–Kier alpha value is -2.62. The zero-order valence-electron chi connectivity index (χ0n) is 10.9. The van der Waals surface area contributed by atoms with Crippen LogP contribution in [-0.2, 0) is 0 Å². The number of hydrogen-bond donors (Lipinski definition) is 2. The highest BCUT2D eigenvalue weighted by atomic mass is 19.1. The fraction of sp³-hybridized carbons (Fsp3) is 0.0625. The highest BCUT2D eigenvalue weighted by Gasteiger charge is 2.09. The second-order valence-electron chi connectivity index (χ2n) is 4.73. The topological polar surface area (TPSA) is 44.9 Å². The van der Waals surface area contributed by atoms with Crippen molar-refractivity contribution in [3.05, 3.63) is 65.6 Å². The van der Waals surface area contributed by atoms with Gasteiger partial charge in [0.15, 0.2) is 0 Å². The molecule has 3 nitrogen and oxygen atoms in total. The number of aryl methyl sites for hydroxylation is 1. The Morgan fingerprint density at radius 2 is 1.85 bits per heavy atom. The number of nitrogens with one attached hydrogen (secondary N) is 2. The molecular formula is C16H13FN2O. The van der Waals surface area contributed by atoms with Crippen LogP contribution in [0.25, 0.3) is 10.9 Å². The van der Waals surface area contributed by atoms with Gasteiger partial charge in [-0.3, -0.25) is 4.79 Å². The Morgan fingerprint density at radius 3 is 2.60 bits per heavy atom. The Balaban J connectivity index is 1.86. The molecule has 0 saturated heterocycles. The van der Waals surface area contributed by atoms with E-state index in [1.807, 2.05) is 25.1 Å². The summed E-state index contributed by atoms with van der Waals surface area (Å²) in [5.41, 5.74) is 3.10. The number of carbonyl (C=O) groups excluding carboxylic acids is 1. The number of anilines is 1. The molecule has 0 saturated carbocycles. The summed E-state index contributed by atoms with van der Waals surface area (Å²) < 4.78 is 12.8. The lowest BCUT2D eigenvalue weighted by atomic mass is 10.2. The predicted octanol–water partition coefficient (Wildman–Crippen LogP) is 3.87. The van der Waals surface area contributed by atoms with Gasteiger partial charge in [-0.25, -0.2) is 4.39 Å². The SMILES string of the molecule is Cc1ccc2cc(C(=O)Nc3ccc(F)cc3)[nH]c2c1. The van der Waals surface area contributed by atoms with Crippen LogP contribution >= 0.6 is 0 Å². The van der Waals surface area contributed by atoms with Gasteiger partial charge in [-0.05, 0) is 48.9 Å². The maximum absolute atomic E-state index is 12.8. The molecule has 2 aromatic carbocycles. The summed E-state index contributed by atoms with van der Waals surface area (Å²) in [5, 5.41) is 3.71. The van der Waals surface area contributed by atoms with Crippen molar-refractivity contribution in [2.24, 2.45) is 0 Å². The molecule has 1 heterocycles. The van der Waals surface area contributed by atoms with Gasteiger partial charge in [-0.15, -0.1) is 0 Å². The smallest absolute Gasteiger partial charge is 0.272 e. The third-order valence-corrected chi connectivity index (χ3v) is 3.12. The van der Waals surface area contributed by atoms with Crippen molar-refractivity contribution in [2.45, 2.75) is 6.92 Å². The Bertz CT molecular complexity index is 775. The molecule has 1 aromatic heterocycles. The lowest BCUT2D eigenvalue weighted by molar-refractivity contribution is 0.102. The van der Waals surface area contributed by atoms with E-state index in [0.717, 1.165) is 16.5 Å². The van der Waals surface area contributed by atoms with Gasteiger partial charge in [0.1, 0.15) is 11.5 Å². The number of halogens is 1. The number of aromatic nitrogens is 1. The lowest BCUT2D eigenvalue weighted by Gasteiger charge is -2.02. The second kappa shape index (κ2) is 4.81. The van der Waals surface area contributed by atoms with E-state index in [9.17, 15) is 9.18 Å². The van der Waals surface area contributed by atoms with Crippen LogP contribution in [0.15, 0.2) is 48.5 Å². The van der Waals surface area contributed by atoms with Crippen molar-refractivity contribution >= 4 is 22.5 Å². The number of amides is 1. The van der Waals surface area contributed by atoms with Gasteiger partial charge in [0.25, 0.3) is 5.91 Å². The third-order valence-electron chi connectivity index (χ3n) is 3.12. The van der Waals surface area contributed by atoms with Gasteiger partial charge in [-0.1, -0.05) is 12.1 Å². The fourth-order valence-electron chi connectivity index (χ4n) is 2.09. The highest BCUT2D eigenvalue weighted by Crippen LogP contribution is 2.18. The summed E-state index contributed by atoms with van der Waals surface area (Å²) in [5.74, 6) is -0.574. The summed E-state index contributed by atoms with van der Waals surface area (Å²) in [4.78, 5) is 15.2. The first-order valence-corrected chi connectivity index (χ1v) is 6.28. The van der Waals surface area contributed by atoms with E-state index in [1.165, 1.54) is 24.3 Å². The van der Waals surface area contributed by atoms with Gasteiger partial charge in [-0.2, -0.15) is 0 Å². The molecule has 0 unspecified atom stereocenters. The molecule has 0 radical (unpaired) electrons. The van der Waals surface area contributed by atoms with Crippen molar-refractivity contribution in [3.63, 3.8) is 0 Å². The molecule has 3 rings (SSSR count). The summed E-state index contributed by atoms with van der Waals surface area (Å²) in [6, 6.07) is 13.4. The first-order valence-electron chi connectivity index (χ1n) is 6.28. The highest BCUT2D eigenvalue weighted by molar-refractivity contribution is 6.05. The molecule has 0 atom stereocenters. The first-order chi connectivity index (χ1) is 9.61. The van der Waals surface area contributed by atoms with Crippen molar-refractivity contribution in [3.8, 4) is 0 Å². The summed E-state index contributed by atoms with van der Waals surface area (Å²) >= 11 is 0. The monoisotopic (exact) mass is 268 g/mol. The molecule has 3 aromatic rings. The molecule has 100 valence electrons. The lowest BCUT2D eigenvalue weighted by Crippen LogP contribution is -2.12. The Morgan fingerprint density at radius 1 is 1.10 bits per heavy atom. The molecule has 0 aliphatic carbocycles. The number of carbonyl (C=O) groups is 1. The number of aromatic amines is 1. The van der Waals surface area contributed by atoms with Crippen LogP contribution in [-0.4, -0.2) is 10.9 Å². The number of H-pyrrole nitrogens is 1. The minimum Gasteiger partial charge on any atom is -0.351 e. The molecule has 4 heteroatoms. The fourth-order valence-corrected chi connectivity index (χ4v) is 2.09. The average Bonchev–Trinajstić information content (AvgIpc) is 2.84.